The highest BCUT2D eigenvalue weighted by Gasteiger charge is 2.16. The molecular formula is C20H33IN4O2. The molecule has 1 amide bonds. The van der Waals surface area contributed by atoms with Crippen molar-refractivity contribution in [2.24, 2.45) is 4.99 Å². The van der Waals surface area contributed by atoms with Crippen molar-refractivity contribution >= 4 is 35.8 Å². The molecule has 0 unspecified atom stereocenters. The normalized spacial score (nSPS) is 14.9. The van der Waals surface area contributed by atoms with Crippen LogP contribution >= 0.6 is 24.0 Å². The van der Waals surface area contributed by atoms with Crippen LogP contribution in [-0.4, -0.2) is 50.6 Å². The summed E-state index contributed by atoms with van der Waals surface area (Å²) >= 11 is 0. The maximum absolute atomic E-state index is 12.1. The van der Waals surface area contributed by atoms with Crippen LogP contribution in [0.1, 0.15) is 44.1 Å². The largest absolute Gasteiger partial charge is 0.496 e. The van der Waals surface area contributed by atoms with Gasteiger partial charge >= 0.3 is 0 Å². The van der Waals surface area contributed by atoms with Crippen molar-refractivity contribution in [2.45, 2.75) is 51.1 Å². The Labute approximate surface area is 180 Å². The molecule has 1 saturated carbocycles. The average Bonchev–Trinajstić information content (AvgIpc) is 2.66. The molecule has 1 fully saturated rings. The lowest BCUT2D eigenvalue weighted by Gasteiger charge is -2.24. The number of ether oxygens (including phenoxy) is 1. The van der Waals surface area contributed by atoms with Crippen molar-refractivity contribution in [3.63, 3.8) is 0 Å². The van der Waals surface area contributed by atoms with E-state index in [1.807, 2.05) is 36.2 Å². The number of methoxy groups -OCH3 is 1. The van der Waals surface area contributed by atoms with Gasteiger partial charge in [0.15, 0.2) is 5.96 Å². The molecule has 152 valence electrons. The Kier molecular flexibility index (Phi) is 11.2. The highest BCUT2D eigenvalue weighted by atomic mass is 127. The van der Waals surface area contributed by atoms with E-state index in [1.54, 1.807) is 14.2 Å². The standard InChI is InChI=1S/C20H32N4O2.HI/c1-21-20(24(2)15-16-9-7-8-12-18(16)26-3)22-14-13-19(25)23-17-10-5-4-6-11-17;/h7-9,12,17H,4-6,10-11,13-15H2,1-3H3,(H,21,22)(H,23,25);1H. The van der Waals surface area contributed by atoms with Gasteiger partial charge in [-0.15, -0.1) is 24.0 Å². The van der Waals surface area contributed by atoms with Gasteiger partial charge < -0.3 is 20.3 Å². The van der Waals surface area contributed by atoms with Crippen LogP contribution in [0.15, 0.2) is 29.3 Å². The molecule has 2 rings (SSSR count). The van der Waals surface area contributed by atoms with E-state index in [0.717, 1.165) is 30.1 Å². The first kappa shape index (κ1) is 23.5. The number of amides is 1. The molecule has 1 aromatic carbocycles. The summed E-state index contributed by atoms with van der Waals surface area (Å²) in [6, 6.07) is 8.32. The first-order chi connectivity index (χ1) is 12.6. The maximum Gasteiger partial charge on any atom is 0.221 e. The summed E-state index contributed by atoms with van der Waals surface area (Å²) < 4.78 is 5.40. The monoisotopic (exact) mass is 488 g/mol. The predicted molar refractivity (Wildman–Crippen MR) is 121 cm³/mol. The Morgan fingerprint density at radius 2 is 1.96 bits per heavy atom. The van der Waals surface area contributed by atoms with Crippen molar-refractivity contribution < 1.29 is 9.53 Å². The lowest BCUT2D eigenvalue weighted by atomic mass is 9.95. The molecule has 0 aromatic heterocycles. The van der Waals surface area contributed by atoms with Crippen LogP contribution in [0, 0.1) is 0 Å². The van der Waals surface area contributed by atoms with Gasteiger partial charge in [0.2, 0.25) is 5.91 Å². The molecule has 0 bridgehead atoms. The summed E-state index contributed by atoms with van der Waals surface area (Å²) in [5.74, 6) is 1.75. The number of benzene rings is 1. The van der Waals surface area contributed by atoms with Gasteiger partial charge in [-0.25, -0.2) is 0 Å². The molecule has 1 aliphatic carbocycles. The number of carbonyl (C=O) groups excluding carboxylic acids is 1. The fourth-order valence-electron chi connectivity index (χ4n) is 3.38. The number of para-hydroxylation sites is 1. The number of rotatable bonds is 7. The second-order valence-electron chi connectivity index (χ2n) is 6.79. The molecule has 0 spiro atoms. The number of carbonyl (C=O) groups is 1. The van der Waals surface area contributed by atoms with Gasteiger partial charge in [0, 0.05) is 45.2 Å². The van der Waals surface area contributed by atoms with Crippen LogP contribution in [0.3, 0.4) is 0 Å². The van der Waals surface area contributed by atoms with Gasteiger partial charge in [0.05, 0.1) is 7.11 Å². The van der Waals surface area contributed by atoms with Gasteiger partial charge in [0.25, 0.3) is 0 Å². The predicted octanol–water partition coefficient (Wildman–Crippen LogP) is 3.16. The highest BCUT2D eigenvalue weighted by Crippen LogP contribution is 2.19. The Morgan fingerprint density at radius 1 is 1.26 bits per heavy atom. The molecule has 1 aliphatic rings. The van der Waals surface area contributed by atoms with Crippen molar-refractivity contribution in [3.8, 4) is 5.75 Å². The summed E-state index contributed by atoms with van der Waals surface area (Å²) in [6.07, 6.45) is 6.43. The molecule has 27 heavy (non-hydrogen) atoms. The molecule has 1 aromatic rings. The topological polar surface area (TPSA) is 66.0 Å². The number of aliphatic imine (C=N–C) groups is 1. The minimum atomic E-state index is 0. The maximum atomic E-state index is 12.1. The molecule has 0 heterocycles. The minimum Gasteiger partial charge on any atom is -0.496 e. The number of guanidine groups is 1. The molecule has 6 nitrogen and oxygen atoms in total. The van der Waals surface area contributed by atoms with Crippen LogP contribution < -0.4 is 15.4 Å². The quantitative estimate of drug-likeness (QED) is 0.352. The zero-order valence-electron chi connectivity index (χ0n) is 16.7. The van der Waals surface area contributed by atoms with E-state index >= 15 is 0 Å². The Balaban J connectivity index is 0.00000364. The van der Waals surface area contributed by atoms with Gasteiger partial charge in [0.1, 0.15) is 5.75 Å². The van der Waals surface area contributed by atoms with E-state index in [4.69, 9.17) is 4.74 Å². The molecular weight excluding hydrogens is 455 g/mol. The van der Waals surface area contributed by atoms with Crippen molar-refractivity contribution in [2.75, 3.05) is 27.7 Å². The number of nitrogens with zero attached hydrogens (tertiary/aromatic N) is 2. The SMILES string of the molecule is CN=C(NCCC(=O)NC1CCCCC1)N(C)Cc1ccccc1OC.I. The second kappa shape index (κ2) is 12.8. The summed E-state index contributed by atoms with van der Waals surface area (Å²) in [7, 11) is 5.41. The zero-order valence-corrected chi connectivity index (χ0v) is 19.0. The summed E-state index contributed by atoms with van der Waals surface area (Å²) in [4.78, 5) is 18.4. The van der Waals surface area contributed by atoms with E-state index in [0.29, 0.717) is 25.6 Å². The van der Waals surface area contributed by atoms with Crippen molar-refractivity contribution in [1.29, 1.82) is 0 Å². The number of halogens is 1. The summed E-state index contributed by atoms with van der Waals surface area (Å²) in [5.41, 5.74) is 1.09. The lowest BCUT2D eigenvalue weighted by molar-refractivity contribution is -0.121. The average molecular weight is 488 g/mol. The Bertz CT molecular complexity index is 603. The van der Waals surface area contributed by atoms with E-state index in [2.05, 4.69) is 15.6 Å². The lowest BCUT2D eigenvalue weighted by Crippen LogP contribution is -2.41. The van der Waals surface area contributed by atoms with Gasteiger partial charge in [-0.05, 0) is 18.9 Å². The second-order valence-corrected chi connectivity index (χ2v) is 6.79. The van der Waals surface area contributed by atoms with E-state index < -0.39 is 0 Å². The van der Waals surface area contributed by atoms with Crippen LogP contribution in [0.5, 0.6) is 5.75 Å². The fraction of sp³-hybridized carbons (Fsp3) is 0.600. The van der Waals surface area contributed by atoms with Gasteiger partial charge in [-0.1, -0.05) is 37.5 Å². The smallest absolute Gasteiger partial charge is 0.221 e. The summed E-state index contributed by atoms with van der Waals surface area (Å²) in [6.45, 7) is 1.25. The molecule has 7 heteroatoms. The molecule has 0 atom stereocenters. The minimum absolute atomic E-state index is 0. The third-order valence-electron chi connectivity index (χ3n) is 4.78. The number of hydrogen-bond acceptors (Lipinski definition) is 3. The van der Waals surface area contributed by atoms with Crippen LogP contribution in [-0.2, 0) is 11.3 Å². The van der Waals surface area contributed by atoms with E-state index in [9.17, 15) is 4.79 Å². The highest BCUT2D eigenvalue weighted by molar-refractivity contribution is 14.0. The van der Waals surface area contributed by atoms with Gasteiger partial charge in [-0.2, -0.15) is 0 Å². The third-order valence-corrected chi connectivity index (χ3v) is 4.78. The van der Waals surface area contributed by atoms with Crippen LogP contribution in [0.4, 0.5) is 0 Å². The van der Waals surface area contributed by atoms with Crippen molar-refractivity contribution in [1.82, 2.24) is 15.5 Å². The molecule has 2 N–H and O–H groups in total. The summed E-state index contributed by atoms with van der Waals surface area (Å²) in [5, 5.41) is 6.42. The first-order valence-corrected chi connectivity index (χ1v) is 9.47. The molecule has 0 radical (unpaired) electrons. The fourth-order valence-corrected chi connectivity index (χ4v) is 3.38. The van der Waals surface area contributed by atoms with Crippen molar-refractivity contribution in [3.05, 3.63) is 29.8 Å². The van der Waals surface area contributed by atoms with E-state index in [-0.39, 0.29) is 29.9 Å². The number of hydrogen-bond donors (Lipinski definition) is 2. The third kappa shape index (κ3) is 7.94. The van der Waals surface area contributed by atoms with E-state index in [1.165, 1.54) is 19.3 Å². The number of nitrogens with one attached hydrogen (secondary N) is 2. The van der Waals surface area contributed by atoms with Crippen LogP contribution in [0.25, 0.3) is 0 Å². The molecule has 0 aliphatic heterocycles. The first-order valence-electron chi connectivity index (χ1n) is 9.47. The zero-order chi connectivity index (χ0) is 18.8. The molecule has 0 saturated heterocycles. The Hall–Kier alpha value is -1.51. The Morgan fingerprint density at radius 3 is 2.63 bits per heavy atom. The van der Waals surface area contributed by atoms with Crippen LogP contribution in [0.2, 0.25) is 0 Å². The van der Waals surface area contributed by atoms with Gasteiger partial charge in [-0.3, -0.25) is 9.79 Å².